The van der Waals surface area contributed by atoms with Gasteiger partial charge in [-0.1, -0.05) is 30.3 Å². The van der Waals surface area contributed by atoms with Gasteiger partial charge < -0.3 is 15.2 Å². The van der Waals surface area contributed by atoms with Crippen LogP contribution in [0.15, 0.2) is 41.5 Å². The van der Waals surface area contributed by atoms with Crippen LogP contribution < -0.4 is 11.3 Å². The Kier molecular flexibility index (Phi) is 4.88. The number of hydrogen-bond acceptors (Lipinski definition) is 6. The van der Waals surface area contributed by atoms with Crippen molar-refractivity contribution in [3.63, 3.8) is 0 Å². The molecule has 1 radical (unpaired) electrons. The van der Waals surface area contributed by atoms with Crippen molar-refractivity contribution in [1.82, 2.24) is 19.5 Å². The van der Waals surface area contributed by atoms with Crippen LogP contribution >= 0.6 is 0 Å². The summed E-state index contributed by atoms with van der Waals surface area (Å²) in [5.74, 6) is 0.0339. The number of nitrogens with zero attached hydrogens (tertiary/aromatic N) is 3. The first-order valence-corrected chi connectivity index (χ1v) is 7.40. The quantitative estimate of drug-likeness (QED) is 0.672. The van der Waals surface area contributed by atoms with Crippen LogP contribution in [-0.4, -0.2) is 32.2 Å². The number of benzene rings is 1. The molecule has 1 atom stereocenters. The van der Waals surface area contributed by atoms with Crippen LogP contribution in [-0.2, 0) is 22.8 Å². The van der Waals surface area contributed by atoms with E-state index in [2.05, 4.69) is 21.9 Å². The number of aromatic amines is 1. The number of anilines is 1. The normalized spacial score (nSPS) is 12.5. The fourth-order valence-corrected chi connectivity index (χ4v) is 2.18. The SMILES string of the molecule is [CH2]C(COCc1ccccc1)OCn1cnc2c(=O)[nH]c(N)nc21. The minimum atomic E-state index is -0.381. The van der Waals surface area contributed by atoms with Gasteiger partial charge in [0.05, 0.1) is 25.6 Å². The summed E-state index contributed by atoms with van der Waals surface area (Å²) in [5, 5.41) is 0. The lowest BCUT2D eigenvalue weighted by Gasteiger charge is -2.14. The summed E-state index contributed by atoms with van der Waals surface area (Å²) in [6.07, 6.45) is 1.11. The van der Waals surface area contributed by atoms with Crippen LogP contribution in [0.25, 0.3) is 11.2 Å². The standard InChI is InChI=1S/C16H18N5O3/c1-11(7-23-8-12-5-3-2-4-6-12)24-10-21-9-18-13-14(21)19-16(17)20-15(13)22/h2-6,9,11H,1,7-8,10H2,(H3,17,19,20,22). The van der Waals surface area contributed by atoms with Gasteiger partial charge in [-0.25, -0.2) is 4.98 Å². The summed E-state index contributed by atoms with van der Waals surface area (Å²) >= 11 is 0. The molecule has 0 bridgehead atoms. The molecule has 2 heterocycles. The molecule has 3 N–H and O–H groups in total. The van der Waals surface area contributed by atoms with Gasteiger partial charge in [-0.05, 0) is 12.5 Å². The van der Waals surface area contributed by atoms with Gasteiger partial charge in [-0.3, -0.25) is 14.3 Å². The molecule has 125 valence electrons. The molecule has 0 aliphatic heterocycles. The number of ether oxygens (including phenoxy) is 2. The maximum atomic E-state index is 11.7. The van der Waals surface area contributed by atoms with Crippen molar-refractivity contribution in [2.75, 3.05) is 12.3 Å². The van der Waals surface area contributed by atoms with Gasteiger partial charge >= 0.3 is 0 Å². The van der Waals surface area contributed by atoms with Crippen molar-refractivity contribution in [3.05, 3.63) is 59.5 Å². The van der Waals surface area contributed by atoms with E-state index < -0.39 is 0 Å². The first kappa shape index (κ1) is 16.2. The largest absolute Gasteiger partial charge is 0.374 e. The van der Waals surface area contributed by atoms with Gasteiger partial charge in [-0.2, -0.15) is 4.98 Å². The molecule has 2 aromatic heterocycles. The molecule has 0 spiro atoms. The van der Waals surface area contributed by atoms with Crippen LogP contribution in [0.2, 0.25) is 0 Å². The molecular formula is C16H18N5O3. The van der Waals surface area contributed by atoms with E-state index in [0.29, 0.717) is 18.9 Å². The van der Waals surface area contributed by atoms with Gasteiger partial charge in [0.1, 0.15) is 6.73 Å². The number of aromatic nitrogens is 4. The van der Waals surface area contributed by atoms with E-state index in [1.165, 1.54) is 6.33 Å². The predicted molar refractivity (Wildman–Crippen MR) is 88.9 cm³/mol. The lowest BCUT2D eigenvalue weighted by atomic mass is 10.2. The maximum Gasteiger partial charge on any atom is 0.280 e. The van der Waals surface area contributed by atoms with Gasteiger partial charge in [0.15, 0.2) is 11.2 Å². The number of rotatable bonds is 7. The number of nitrogens with one attached hydrogen (secondary N) is 1. The van der Waals surface area contributed by atoms with Crippen LogP contribution in [0.4, 0.5) is 5.95 Å². The smallest absolute Gasteiger partial charge is 0.280 e. The summed E-state index contributed by atoms with van der Waals surface area (Å²) in [5.41, 5.74) is 6.84. The molecule has 8 nitrogen and oxygen atoms in total. The number of nitrogens with two attached hydrogens (primary N) is 1. The Morgan fingerprint density at radius 1 is 1.33 bits per heavy atom. The predicted octanol–water partition coefficient (Wildman–Crippen LogP) is 1.10. The second-order valence-electron chi connectivity index (χ2n) is 5.26. The van der Waals surface area contributed by atoms with Crippen LogP contribution in [0.5, 0.6) is 0 Å². The van der Waals surface area contributed by atoms with Crippen molar-refractivity contribution in [2.45, 2.75) is 19.4 Å². The molecule has 0 saturated heterocycles. The fourth-order valence-electron chi connectivity index (χ4n) is 2.18. The number of nitrogen functional groups attached to an aromatic ring is 1. The highest BCUT2D eigenvalue weighted by molar-refractivity contribution is 5.70. The molecule has 0 aliphatic rings. The van der Waals surface area contributed by atoms with E-state index in [1.807, 2.05) is 30.3 Å². The number of hydrogen-bond donors (Lipinski definition) is 2. The van der Waals surface area contributed by atoms with E-state index in [1.54, 1.807) is 4.57 Å². The van der Waals surface area contributed by atoms with Crippen molar-refractivity contribution < 1.29 is 9.47 Å². The second-order valence-corrected chi connectivity index (χ2v) is 5.26. The lowest BCUT2D eigenvalue weighted by molar-refractivity contribution is -0.0257. The third-order valence-corrected chi connectivity index (χ3v) is 3.36. The monoisotopic (exact) mass is 328 g/mol. The Hall–Kier alpha value is -2.71. The van der Waals surface area contributed by atoms with Gasteiger partial charge in [0, 0.05) is 0 Å². The zero-order valence-electron chi connectivity index (χ0n) is 13.0. The van der Waals surface area contributed by atoms with Crippen LogP contribution in [0, 0.1) is 6.92 Å². The summed E-state index contributed by atoms with van der Waals surface area (Å²) in [7, 11) is 0. The van der Waals surface area contributed by atoms with Crippen molar-refractivity contribution in [1.29, 1.82) is 0 Å². The first-order valence-electron chi connectivity index (χ1n) is 7.40. The zero-order valence-corrected chi connectivity index (χ0v) is 13.0. The van der Waals surface area contributed by atoms with Gasteiger partial charge in [0.2, 0.25) is 5.95 Å². The summed E-state index contributed by atoms with van der Waals surface area (Å²) in [6.45, 7) is 4.88. The van der Waals surface area contributed by atoms with Crippen molar-refractivity contribution >= 4 is 17.1 Å². The fraction of sp³-hybridized carbons (Fsp3) is 0.250. The number of imidazole rings is 1. The summed E-state index contributed by atoms with van der Waals surface area (Å²) in [6, 6.07) is 9.86. The van der Waals surface area contributed by atoms with E-state index in [0.717, 1.165) is 5.56 Å². The topological polar surface area (TPSA) is 108 Å². The van der Waals surface area contributed by atoms with Crippen LogP contribution in [0.3, 0.4) is 0 Å². The molecule has 3 rings (SSSR count). The zero-order chi connectivity index (χ0) is 16.9. The molecule has 0 aliphatic carbocycles. The van der Waals surface area contributed by atoms with E-state index in [9.17, 15) is 4.79 Å². The van der Waals surface area contributed by atoms with E-state index >= 15 is 0 Å². The highest BCUT2D eigenvalue weighted by Crippen LogP contribution is 2.08. The van der Waals surface area contributed by atoms with Gasteiger partial charge in [-0.15, -0.1) is 0 Å². The summed E-state index contributed by atoms with van der Waals surface area (Å²) in [4.78, 5) is 22.2. The Morgan fingerprint density at radius 3 is 2.92 bits per heavy atom. The summed E-state index contributed by atoms with van der Waals surface area (Å²) < 4.78 is 12.8. The van der Waals surface area contributed by atoms with E-state index in [-0.39, 0.29) is 29.9 Å². The highest BCUT2D eigenvalue weighted by atomic mass is 16.5. The van der Waals surface area contributed by atoms with Gasteiger partial charge in [0.25, 0.3) is 5.56 Å². The van der Waals surface area contributed by atoms with Crippen LogP contribution in [0.1, 0.15) is 5.56 Å². The molecule has 3 aromatic rings. The highest BCUT2D eigenvalue weighted by Gasteiger charge is 2.10. The average Bonchev–Trinajstić information content (AvgIpc) is 2.97. The molecule has 0 fully saturated rings. The minimum Gasteiger partial charge on any atom is -0.374 e. The minimum absolute atomic E-state index is 0.0339. The molecule has 1 aromatic carbocycles. The molecule has 0 saturated carbocycles. The third-order valence-electron chi connectivity index (χ3n) is 3.36. The molecular weight excluding hydrogens is 310 g/mol. The first-order chi connectivity index (χ1) is 11.6. The third kappa shape index (κ3) is 3.79. The van der Waals surface area contributed by atoms with Crippen molar-refractivity contribution in [3.8, 4) is 0 Å². The second kappa shape index (κ2) is 7.24. The molecule has 1 unspecified atom stereocenters. The Labute approximate surface area is 138 Å². The average molecular weight is 328 g/mol. The number of fused-ring (bicyclic) bond motifs is 1. The Bertz CT molecular complexity index is 859. The molecule has 8 heteroatoms. The van der Waals surface area contributed by atoms with Crippen molar-refractivity contribution in [2.24, 2.45) is 0 Å². The number of H-pyrrole nitrogens is 1. The molecule has 24 heavy (non-hydrogen) atoms. The molecule has 0 amide bonds. The van der Waals surface area contributed by atoms with E-state index in [4.69, 9.17) is 15.2 Å². The Balaban J connectivity index is 1.53. The lowest BCUT2D eigenvalue weighted by Crippen LogP contribution is -2.19. The maximum absolute atomic E-state index is 11.7. The Morgan fingerprint density at radius 2 is 2.12 bits per heavy atom.